The predicted octanol–water partition coefficient (Wildman–Crippen LogP) is 2.83. The monoisotopic (exact) mass is 550 g/mol. The minimum absolute atomic E-state index is 0.00482. The summed E-state index contributed by atoms with van der Waals surface area (Å²) in [5.41, 5.74) is 0.211. The third-order valence-electron chi connectivity index (χ3n) is 7.23. The molecule has 2 aromatic rings. The third-order valence-corrected chi connectivity index (χ3v) is 7.23. The molecule has 3 N–H and O–H groups in total. The number of hydrogen-bond acceptors (Lipinski definition) is 6. The maximum absolute atomic E-state index is 13.4. The molecular weight excluding hydrogens is 521 g/mol. The van der Waals surface area contributed by atoms with E-state index in [1.165, 1.54) is 24.3 Å². The summed E-state index contributed by atoms with van der Waals surface area (Å²) in [7, 11) is 1.55. The summed E-state index contributed by atoms with van der Waals surface area (Å²) in [4.78, 5) is 41.4. The van der Waals surface area contributed by atoms with Crippen LogP contribution in [0, 0.1) is 5.41 Å². The first-order valence-corrected chi connectivity index (χ1v) is 12.7. The Morgan fingerprint density at radius 1 is 1.28 bits per heavy atom. The number of carbonyl (C=O) groups excluding carboxylic acids is 3. The fraction of sp³-hybridized carbons (Fsp3) is 0.520. The van der Waals surface area contributed by atoms with E-state index in [1.807, 2.05) is 0 Å². The lowest BCUT2D eigenvalue weighted by atomic mass is 9.76. The van der Waals surface area contributed by atoms with E-state index in [2.05, 4.69) is 25.8 Å². The second kappa shape index (κ2) is 10.3. The van der Waals surface area contributed by atoms with Gasteiger partial charge in [-0.1, -0.05) is 17.3 Å². The Morgan fingerprint density at radius 3 is 2.74 bits per heavy atom. The summed E-state index contributed by atoms with van der Waals surface area (Å²) in [5.74, 6) is -0.131. The third kappa shape index (κ3) is 6.20. The van der Waals surface area contributed by atoms with Crippen LogP contribution in [0.25, 0.3) is 11.3 Å². The number of nitrogens with zero attached hydrogens (tertiary/aromatic N) is 3. The number of likely N-dealkylation sites (tertiary alicyclic amines) is 1. The number of urea groups is 2. The maximum Gasteiger partial charge on any atom is 0.573 e. The highest BCUT2D eigenvalue weighted by Gasteiger charge is 2.50. The average Bonchev–Trinajstić information content (AvgIpc) is 3.48. The Kier molecular flexibility index (Phi) is 7.03. The van der Waals surface area contributed by atoms with Crippen LogP contribution in [0.4, 0.5) is 22.8 Å². The lowest BCUT2D eigenvalue weighted by Crippen LogP contribution is -2.61. The highest BCUT2D eigenvalue weighted by molar-refractivity contribution is 5.80. The molecule has 2 aliphatic heterocycles. The maximum atomic E-state index is 13.4. The van der Waals surface area contributed by atoms with E-state index < -0.39 is 11.8 Å². The van der Waals surface area contributed by atoms with Gasteiger partial charge in [-0.15, -0.1) is 13.2 Å². The zero-order valence-electron chi connectivity index (χ0n) is 21.2. The van der Waals surface area contributed by atoms with Crippen molar-refractivity contribution in [1.82, 2.24) is 30.9 Å². The summed E-state index contributed by atoms with van der Waals surface area (Å²) in [5, 5.41) is 12.3. The Balaban J connectivity index is 1.26. The molecule has 3 aliphatic rings. The van der Waals surface area contributed by atoms with Gasteiger partial charge in [-0.3, -0.25) is 4.79 Å². The van der Waals surface area contributed by atoms with E-state index in [9.17, 15) is 27.6 Å². The standard InChI is InChI=1S/C25H29F3N6O5/c1-29-22(36)33-12-17(9-24(14-33)10-21(35)31-13-24)34(16-5-6-16)23(37)30-11-19-8-20(32-39-19)15-3-2-4-18(7-15)38-25(26,27)28/h2-4,7-8,16-17H,5-6,9-14H2,1H3,(H,29,36)(H,30,37)(H,31,35)/t17-,24-/m1/s1. The number of benzene rings is 1. The Bertz CT molecular complexity index is 1250. The van der Waals surface area contributed by atoms with Crippen molar-refractivity contribution in [3.05, 3.63) is 36.1 Å². The van der Waals surface area contributed by atoms with E-state index >= 15 is 0 Å². The van der Waals surface area contributed by atoms with Crippen molar-refractivity contribution in [2.45, 2.75) is 50.7 Å². The number of hydrogen-bond donors (Lipinski definition) is 3. The molecule has 3 heterocycles. The second-order valence-electron chi connectivity index (χ2n) is 10.3. The number of amides is 5. The number of alkyl halides is 3. The molecule has 1 saturated carbocycles. The molecule has 1 aromatic carbocycles. The van der Waals surface area contributed by atoms with Gasteiger partial charge in [0.1, 0.15) is 11.4 Å². The predicted molar refractivity (Wildman–Crippen MR) is 130 cm³/mol. The van der Waals surface area contributed by atoms with Gasteiger partial charge in [0.15, 0.2) is 5.76 Å². The summed E-state index contributed by atoms with van der Waals surface area (Å²) in [6.07, 6.45) is -2.24. The van der Waals surface area contributed by atoms with Crippen LogP contribution in [0.5, 0.6) is 5.75 Å². The van der Waals surface area contributed by atoms with Gasteiger partial charge in [0, 0.05) is 56.2 Å². The summed E-state index contributed by atoms with van der Waals surface area (Å²) in [6.45, 7) is 1.23. The van der Waals surface area contributed by atoms with E-state index in [0.29, 0.717) is 49.5 Å². The van der Waals surface area contributed by atoms with Gasteiger partial charge in [-0.05, 0) is 31.4 Å². The van der Waals surface area contributed by atoms with Crippen molar-refractivity contribution < 1.29 is 36.8 Å². The van der Waals surface area contributed by atoms with Gasteiger partial charge in [0.2, 0.25) is 5.91 Å². The number of ether oxygens (including phenoxy) is 1. The van der Waals surface area contributed by atoms with Crippen molar-refractivity contribution in [2.24, 2.45) is 5.41 Å². The largest absolute Gasteiger partial charge is 0.573 e. The molecule has 1 aromatic heterocycles. The van der Waals surface area contributed by atoms with Crippen LogP contribution in [0.1, 0.15) is 31.4 Å². The highest BCUT2D eigenvalue weighted by Crippen LogP contribution is 2.40. The molecule has 2 saturated heterocycles. The van der Waals surface area contributed by atoms with Crippen LogP contribution in [-0.4, -0.2) is 78.1 Å². The Hall–Kier alpha value is -3.97. The summed E-state index contributed by atoms with van der Waals surface area (Å²) >= 11 is 0. The van der Waals surface area contributed by atoms with Crippen LogP contribution in [-0.2, 0) is 11.3 Å². The molecule has 39 heavy (non-hydrogen) atoms. The molecule has 210 valence electrons. The van der Waals surface area contributed by atoms with E-state index in [1.54, 1.807) is 22.9 Å². The normalized spacial score (nSPS) is 22.9. The molecule has 0 unspecified atom stereocenters. The molecule has 5 rings (SSSR count). The zero-order chi connectivity index (χ0) is 27.8. The topological polar surface area (TPSA) is 129 Å². The van der Waals surface area contributed by atoms with Crippen molar-refractivity contribution in [3.63, 3.8) is 0 Å². The highest BCUT2D eigenvalue weighted by atomic mass is 19.4. The van der Waals surface area contributed by atoms with E-state index in [0.717, 1.165) is 12.8 Å². The molecule has 11 nitrogen and oxygen atoms in total. The van der Waals surface area contributed by atoms with Gasteiger partial charge in [0.25, 0.3) is 0 Å². The summed E-state index contributed by atoms with van der Waals surface area (Å²) in [6, 6.07) is 6.06. The van der Waals surface area contributed by atoms with Crippen molar-refractivity contribution in [2.75, 3.05) is 26.7 Å². The van der Waals surface area contributed by atoms with Crippen molar-refractivity contribution in [1.29, 1.82) is 0 Å². The van der Waals surface area contributed by atoms with Crippen LogP contribution >= 0.6 is 0 Å². The van der Waals surface area contributed by atoms with E-state index in [-0.39, 0.29) is 42.3 Å². The van der Waals surface area contributed by atoms with Crippen LogP contribution in [0.3, 0.4) is 0 Å². The van der Waals surface area contributed by atoms with E-state index in [4.69, 9.17) is 4.52 Å². The Morgan fingerprint density at radius 2 is 2.08 bits per heavy atom. The zero-order valence-corrected chi connectivity index (χ0v) is 21.2. The van der Waals surface area contributed by atoms with Gasteiger partial charge < -0.3 is 35.0 Å². The minimum atomic E-state index is -4.82. The fourth-order valence-electron chi connectivity index (χ4n) is 5.48. The SMILES string of the molecule is CNC(=O)N1C[C@H](N(C(=O)NCc2cc(-c3cccc(OC(F)(F)F)c3)no2)C2CC2)C[C@@]2(CNC(=O)C2)C1. The number of rotatable bonds is 6. The molecule has 14 heteroatoms. The fourth-order valence-corrected chi connectivity index (χ4v) is 5.48. The second-order valence-corrected chi connectivity index (χ2v) is 10.3. The quantitative estimate of drug-likeness (QED) is 0.508. The van der Waals surface area contributed by atoms with Gasteiger partial charge in [-0.2, -0.15) is 0 Å². The lowest BCUT2D eigenvalue weighted by molar-refractivity contribution is -0.274. The number of aromatic nitrogens is 1. The van der Waals surface area contributed by atoms with Crippen molar-refractivity contribution >= 4 is 18.0 Å². The molecule has 1 spiro atoms. The molecule has 0 bridgehead atoms. The van der Waals surface area contributed by atoms with Gasteiger partial charge in [-0.25, -0.2) is 9.59 Å². The molecule has 3 fully saturated rings. The number of piperidine rings is 1. The van der Waals surface area contributed by atoms with Crippen LogP contribution < -0.4 is 20.7 Å². The first-order valence-electron chi connectivity index (χ1n) is 12.7. The summed E-state index contributed by atoms with van der Waals surface area (Å²) < 4.78 is 46.9. The molecule has 1 aliphatic carbocycles. The Labute approximate surface area is 222 Å². The van der Waals surface area contributed by atoms with Gasteiger partial charge in [0.05, 0.1) is 12.6 Å². The first-order chi connectivity index (χ1) is 18.5. The smallest absolute Gasteiger partial charge is 0.406 e. The minimum Gasteiger partial charge on any atom is -0.406 e. The van der Waals surface area contributed by atoms with Gasteiger partial charge >= 0.3 is 18.4 Å². The van der Waals surface area contributed by atoms with Crippen molar-refractivity contribution in [3.8, 4) is 17.0 Å². The molecule has 5 amide bonds. The first kappa shape index (κ1) is 26.6. The average molecular weight is 551 g/mol. The number of halogens is 3. The lowest BCUT2D eigenvalue weighted by Gasteiger charge is -2.47. The number of nitrogens with one attached hydrogen (secondary N) is 3. The molecule has 2 atom stereocenters. The number of carbonyl (C=O) groups is 3. The molecular formula is C25H29F3N6O5. The van der Waals surface area contributed by atoms with Crippen LogP contribution in [0.2, 0.25) is 0 Å². The molecule has 0 radical (unpaired) electrons. The van der Waals surface area contributed by atoms with Crippen LogP contribution in [0.15, 0.2) is 34.9 Å².